The highest BCUT2D eigenvalue weighted by Gasteiger charge is 2.20. The van der Waals surface area contributed by atoms with E-state index in [1.165, 1.54) is 22.9 Å². The van der Waals surface area contributed by atoms with Gasteiger partial charge in [-0.1, -0.05) is 18.5 Å². The molecule has 0 radical (unpaired) electrons. The molecule has 3 N–H and O–H groups in total. The lowest BCUT2D eigenvalue weighted by Gasteiger charge is -2.07. The molecular weight excluding hydrogens is 283 g/mol. The van der Waals surface area contributed by atoms with Crippen LogP contribution < -0.4 is 11.1 Å². The SMILES string of the molecule is CCc1nn(C)c(C(=O)Nc2cc(Cl)ccc2F)c1N. The number of hydrogen-bond acceptors (Lipinski definition) is 3. The number of aryl methyl sites for hydroxylation is 2. The quantitative estimate of drug-likeness (QED) is 0.914. The summed E-state index contributed by atoms with van der Waals surface area (Å²) in [5, 5.41) is 6.92. The first-order valence-corrected chi connectivity index (χ1v) is 6.39. The van der Waals surface area contributed by atoms with Gasteiger partial charge in [-0.25, -0.2) is 4.39 Å². The molecule has 0 spiro atoms. The van der Waals surface area contributed by atoms with Gasteiger partial charge in [0.25, 0.3) is 5.91 Å². The van der Waals surface area contributed by atoms with E-state index in [0.29, 0.717) is 22.8 Å². The monoisotopic (exact) mass is 296 g/mol. The third-order valence-electron chi connectivity index (χ3n) is 2.89. The number of nitrogens with two attached hydrogens (primary N) is 1. The molecule has 106 valence electrons. The average Bonchev–Trinajstić information content (AvgIpc) is 2.68. The van der Waals surface area contributed by atoms with Gasteiger partial charge < -0.3 is 11.1 Å². The van der Waals surface area contributed by atoms with Crippen LogP contribution in [0.2, 0.25) is 5.02 Å². The van der Waals surface area contributed by atoms with Gasteiger partial charge in [-0.2, -0.15) is 5.10 Å². The van der Waals surface area contributed by atoms with Crippen LogP contribution in [-0.4, -0.2) is 15.7 Å². The van der Waals surface area contributed by atoms with Gasteiger partial charge in [0, 0.05) is 12.1 Å². The summed E-state index contributed by atoms with van der Waals surface area (Å²) < 4.78 is 15.0. The summed E-state index contributed by atoms with van der Waals surface area (Å²) in [6.07, 6.45) is 0.610. The Balaban J connectivity index is 2.33. The summed E-state index contributed by atoms with van der Waals surface area (Å²) in [4.78, 5) is 12.2. The van der Waals surface area contributed by atoms with Gasteiger partial charge in [-0.15, -0.1) is 0 Å². The molecule has 1 aromatic carbocycles. The first-order valence-electron chi connectivity index (χ1n) is 6.01. The van der Waals surface area contributed by atoms with E-state index >= 15 is 0 Å². The molecule has 1 aromatic heterocycles. The summed E-state index contributed by atoms with van der Waals surface area (Å²) >= 11 is 5.78. The molecule has 0 fully saturated rings. The minimum absolute atomic E-state index is 0.00106. The van der Waals surface area contributed by atoms with Crippen molar-refractivity contribution in [2.24, 2.45) is 7.05 Å². The summed E-state index contributed by atoms with van der Waals surface area (Å²) in [6, 6.07) is 3.92. The molecule has 0 aliphatic carbocycles. The number of benzene rings is 1. The second kappa shape index (κ2) is 5.50. The van der Waals surface area contributed by atoms with Gasteiger partial charge in [0.05, 0.1) is 17.1 Å². The van der Waals surface area contributed by atoms with Crippen LogP contribution in [0.3, 0.4) is 0 Å². The number of nitrogen functional groups attached to an aromatic ring is 1. The average molecular weight is 297 g/mol. The number of nitrogens with one attached hydrogen (secondary N) is 1. The summed E-state index contributed by atoms with van der Waals surface area (Å²) in [6.45, 7) is 1.89. The lowest BCUT2D eigenvalue weighted by Crippen LogP contribution is -2.18. The third kappa shape index (κ3) is 2.60. The van der Waals surface area contributed by atoms with Crippen molar-refractivity contribution in [1.82, 2.24) is 9.78 Å². The largest absolute Gasteiger partial charge is 0.395 e. The van der Waals surface area contributed by atoms with Crippen LogP contribution in [0.15, 0.2) is 18.2 Å². The molecule has 5 nitrogen and oxygen atoms in total. The van der Waals surface area contributed by atoms with Gasteiger partial charge >= 0.3 is 0 Å². The van der Waals surface area contributed by atoms with E-state index in [4.69, 9.17) is 17.3 Å². The van der Waals surface area contributed by atoms with Crippen molar-refractivity contribution in [1.29, 1.82) is 0 Å². The third-order valence-corrected chi connectivity index (χ3v) is 3.12. The van der Waals surface area contributed by atoms with Gasteiger partial charge in [0.2, 0.25) is 0 Å². The number of aromatic nitrogens is 2. The Morgan fingerprint density at radius 3 is 2.85 bits per heavy atom. The Morgan fingerprint density at radius 2 is 2.25 bits per heavy atom. The number of carbonyl (C=O) groups excluding carboxylic acids is 1. The number of amides is 1. The van der Waals surface area contributed by atoms with Crippen molar-refractivity contribution in [2.45, 2.75) is 13.3 Å². The maximum Gasteiger partial charge on any atom is 0.276 e. The molecule has 0 unspecified atom stereocenters. The molecule has 0 atom stereocenters. The molecule has 20 heavy (non-hydrogen) atoms. The smallest absolute Gasteiger partial charge is 0.276 e. The number of rotatable bonds is 3. The van der Waals surface area contributed by atoms with Crippen LogP contribution in [0.4, 0.5) is 15.8 Å². The summed E-state index contributed by atoms with van der Waals surface area (Å²) in [7, 11) is 1.61. The Labute approximate surface area is 120 Å². The van der Waals surface area contributed by atoms with Crippen molar-refractivity contribution >= 4 is 28.9 Å². The van der Waals surface area contributed by atoms with E-state index in [0.717, 1.165) is 0 Å². The number of nitrogens with zero attached hydrogens (tertiary/aromatic N) is 2. The fourth-order valence-electron chi connectivity index (χ4n) is 1.90. The van der Waals surface area contributed by atoms with Gasteiger partial charge in [0.1, 0.15) is 11.5 Å². The van der Waals surface area contributed by atoms with E-state index in [-0.39, 0.29) is 11.4 Å². The molecule has 2 rings (SSSR count). The van der Waals surface area contributed by atoms with E-state index in [1.54, 1.807) is 7.05 Å². The van der Waals surface area contributed by atoms with E-state index < -0.39 is 11.7 Å². The van der Waals surface area contributed by atoms with Crippen LogP contribution >= 0.6 is 11.6 Å². The predicted molar refractivity (Wildman–Crippen MR) is 76.4 cm³/mol. The first-order chi connectivity index (χ1) is 9.43. The molecular formula is C13H14ClFN4O. The first kappa shape index (κ1) is 14.3. The lowest BCUT2D eigenvalue weighted by atomic mass is 10.2. The maximum absolute atomic E-state index is 13.6. The minimum atomic E-state index is -0.570. The molecule has 1 amide bonds. The molecule has 7 heteroatoms. The molecule has 0 bridgehead atoms. The van der Waals surface area contributed by atoms with Crippen molar-refractivity contribution < 1.29 is 9.18 Å². The fraction of sp³-hybridized carbons (Fsp3) is 0.231. The topological polar surface area (TPSA) is 72.9 Å². The van der Waals surface area contributed by atoms with Crippen molar-refractivity contribution in [2.75, 3.05) is 11.1 Å². The van der Waals surface area contributed by atoms with Gasteiger partial charge in [0.15, 0.2) is 0 Å². The number of hydrogen-bond donors (Lipinski definition) is 2. The van der Waals surface area contributed by atoms with Crippen LogP contribution in [0.25, 0.3) is 0 Å². The highest BCUT2D eigenvalue weighted by molar-refractivity contribution is 6.31. The van der Waals surface area contributed by atoms with Crippen LogP contribution in [0.1, 0.15) is 23.1 Å². The summed E-state index contributed by atoms with van der Waals surface area (Å²) in [5.41, 5.74) is 7.00. The number of carbonyl (C=O) groups is 1. The van der Waals surface area contributed by atoms with E-state index in [1.807, 2.05) is 6.92 Å². The van der Waals surface area contributed by atoms with Crippen LogP contribution in [0, 0.1) is 5.82 Å². The van der Waals surface area contributed by atoms with Gasteiger partial charge in [-0.3, -0.25) is 9.48 Å². The second-order valence-corrected chi connectivity index (χ2v) is 4.70. The normalized spacial score (nSPS) is 10.6. The number of halogens is 2. The zero-order chi connectivity index (χ0) is 14.9. The Kier molecular flexibility index (Phi) is 3.94. The maximum atomic E-state index is 13.6. The molecule has 2 aromatic rings. The molecule has 1 heterocycles. The summed E-state index contributed by atoms with van der Waals surface area (Å²) in [5.74, 6) is -1.10. The highest BCUT2D eigenvalue weighted by atomic mass is 35.5. The van der Waals surface area contributed by atoms with Crippen LogP contribution in [-0.2, 0) is 13.5 Å². The van der Waals surface area contributed by atoms with E-state index in [9.17, 15) is 9.18 Å². The Hall–Kier alpha value is -2.08. The second-order valence-electron chi connectivity index (χ2n) is 4.26. The Morgan fingerprint density at radius 1 is 1.55 bits per heavy atom. The van der Waals surface area contributed by atoms with Crippen molar-refractivity contribution in [3.63, 3.8) is 0 Å². The minimum Gasteiger partial charge on any atom is -0.395 e. The van der Waals surface area contributed by atoms with Gasteiger partial charge in [-0.05, 0) is 24.6 Å². The zero-order valence-electron chi connectivity index (χ0n) is 11.1. The van der Waals surface area contributed by atoms with E-state index in [2.05, 4.69) is 10.4 Å². The van der Waals surface area contributed by atoms with Crippen molar-refractivity contribution in [3.05, 3.63) is 40.4 Å². The molecule has 0 aliphatic heterocycles. The predicted octanol–water partition coefficient (Wildman–Crippen LogP) is 2.61. The highest BCUT2D eigenvalue weighted by Crippen LogP contribution is 2.22. The Bertz CT molecular complexity index is 669. The fourth-order valence-corrected chi connectivity index (χ4v) is 2.07. The van der Waals surface area contributed by atoms with Crippen LogP contribution in [0.5, 0.6) is 0 Å². The lowest BCUT2D eigenvalue weighted by molar-refractivity contribution is 0.101. The molecule has 0 saturated heterocycles. The van der Waals surface area contributed by atoms with Crippen molar-refractivity contribution in [3.8, 4) is 0 Å². The molecule has 0 aliphatic rings. The zero-order valence-corrected chi connectivity index (χ0v) is 11.8. The standard InChI is InChI=1S/C13H14ClFN4O/c1-3-9-11(16)12(19(2)18-9)13(20)17-10-6-7(14)4-5-8(10)15/h4-6H,3,16H2,1-2H3,(H,17,20). The molecule has 0 saturated carbocycles. The number of anilines is 2.